The molecule has 5 rings (SSSR count). The number of anilines is 3. The number of nitrogens with zero attached hydrogens (tertiary/aromatic N) is 3. The summed E-state index contributed by atoms with van der Waals surface area (Å²) in [4.78, 5) is 28.0. The van der Waals surface area contributed by atoms with Gasteiger partial charge in [-0.2, -0.15) is 0 Å². The number of fused-ring (bicyclic) bond motifs is 3. The molecule has 0 saturated carbocycles. The molecule has 1 aliphatic rings. The Labute approximate surface area is 194 Å². The van der Waals surface area contributed by atoms with Crippen LogP contribution in [0.15, 0.2) is 49.1 Å². The number of nitrogen functional groups attached to an aromatic ring is 1. The highest BCUT2D eigenvalue weighted by Gasteiger charge is 2.29. The van der Waals surface area contributed by atoms with E-state index in [1.165, 1.54) is 16.7 Å². The van der Waals surface area contributed by atoms with E-state index in [9.17, 15) is 4.79 Å². The number of hydrogen-bond acceptors (Lipinski definition) is 8. The number of nitrogens with one attached hydrogen (secondary N) is 3. The minimum Gasteiger partial charge on any atom is -0.398 e. The summed E-state index contributed by atoms with van der Waals surface area (Å²) in [6.07, 6.45) is 8.57. The van der Waals surface area contributed by atoms with Crippen LogP contribution >= 0.6 is 11.3 Å². The number of aryl methyl sites for hydroxylation is 1. The van der Waals surface area contributed by atoms with Crippen molar-refractivity contribution in [3.63, 3.8) is 0 Å². The summed E-state index contributed by atoms with van der Waals surface area (Å²) in [6.45, 7) is 0.487. The molecule has 0 saturated heterocycles. The van der Waals surface area contributed by atoms with E-state index in [1.807, 2.05) is 24.3 Å². The topological polar surface area (TPSA) is 130 Å². The fourth-order valence-electron chi connectivity index (χ4n) is 4.18. The second kappa shape index (κ2) is 8.95. The van der Waals surface area contributed by atoms with Crippen LogP contribution in [0.3, 0.4) is 0 Å². The summed E-state index contributed by atoms with van der Waals surface area (Å²) in [5.41, 5.74) is 10.1. The molecule has 0 spiro atoms. The number of nitrogens with two attached hydrogens (primary N) is 1. The highest BCUT2D eigenvalue weighted by Crippen LogP contribution is 2.40. The molecule has 4 aromatic rings. The maximum absolute atomic E-state index is 12.8. The van der Waals surface area contributed by atoms with Gasteiger partial charge in [-0.15, -0.1) is 11.3 Å². The number of rotatable bonds is 6. The predicted molar refractivity (Wildman–Crippen MR) is 131 cm³/mol. The van der Waals surface area contributed by atoms with Gasteiger partial charge in [0.05, 0.1) is 5.39 Å². The van der Waals surface area contributed by atoms with E-state index >= 15 is 0 Å². The van der Waals surface area contributed by atoms with Crippen molar-refractivity contribution in [2.24, 2.45) is 5.92 Å². The first kappa shape index (κ1) is 21.0. The van der Waals surface area contributed by atoms with Gasteiger partial charge in [-0.1, -0.05) is 6.07 Å². The average molecular weight is 458 g/mol. The summed E-state index contributed by atoms with van der Waals surface area (Å²) in [6, 6.07) is 9.31. The highest BCUT2D eigenvalue weighted by molar-refractivity contribution is 7.19. The second-order valence-electron chi connectivity index (χ2n) is 8.04. The van der Waals surface area contributed by atoms with Crippen LogP contribution < -0.4 is 16.4 Å². The normalized spacial score (nSPS) is 15.1. The highest BCUT2D eigenvalue weighted by atomic mass is 32.1. The van der Waals surface area contributed by atoms with E-state index in [0.717, 1.165) is 40.1 Å². The largest absolute Gasteiger partial charge is 0.398 e. The van der Waals surface area contributed by atoms with Crippen molar-refractivity contribution < 1.29 is 4.79 Å². The molecule has 0 bridgehead atoms. The molecule has 9 heteroatoms. The number of thiophene rings is 1. The zero-order chi connectivity index (χ0) is 22.8. The Morgan fingerprint density at radius 1 is 1.30 bits per heavy atom. The fraction of sp³-hybridized carbons (Fsp3) is 0.208. The van der Waals surface area contributed by atoms with Gasteiger partial charge in [-0.3, -0.25) is 9.78 Å². The van der Waals surface area contributed by atoms with E-state index in [0.29, 0.717) is 24.2 Å². The van der Waals surface area contributed by atoms with Gasteiger partial charge in [0.25, 0.3) is 0 Å². The number of aromatic nitrogens is 3. The standard InChI is InChI=1S/C24H23N7OS/c25-10-16-8-17(4-6-19(16)26)31-22-21-18-5-3-15(9-20(18)33-24(21)30-13-29-22)23(32)28-12-14-2-1-7-27-11-14/h1-2,4,6-8,10-11,13,15,25H,3,5,9,12,26H2,(H,28,32)(H,29,30,31). The van der Waals surface area contributed by atoms with Crippen molar-refractivity contribution in [3.05, 3.63) is 70.6 Å². The Balaban J connectivity index is 1.36. The lowest BCUT2D eigenvalue weighted by Crippen LogP contribution is -2.33. The van der Waals surface area contributed by atoms with Gasteiger partial charge in [-0.05, 0) is 54.7 Å². The van der Waals surface area contributed by atoms with E-state index < -0.39 is 0 Å². The quantitative estimate of drug-likeness (QED) is 0.257. The molecule has 166 valence electrons. The maximum atomic E-state index is 12.8. The van der Waals surface area contributed by atoms with Crippen LogP contribution in [0, 0.1) is 11.3 Å². The number of carbonyl (C=O) groups is 1. The zero-order valence-corrected chi connectivity index (χ0v) is 18.7. The van der Waals surface area contributed by atoms with Gasteiger partial charge in [0.1, 0.15) is 17.0 Å². The smallest absolute Gasteiger partial charge is 0.223 e. The lowest BCUT2D eigenvalue weighted by Gasteiger charge is -2.22. The van der Waals surface area contributed by atoms with Crippen molar-refractivity contribution in [2.75, 3.05) is 11.1 Å². The molecule has 0 radical (unpaired) electrons. The predicted octanol–water partition coefficient (Wildman–Crippen LogP) is 3.83. The third kappa shape index (κ3) is 4.27. The Morgan fingerprint density at radius 3 is 3.03 bits per heavy atom. The molecule has 1 unspecified atom stereocenters. The van der Waals surface area contributed by atoms with Crippen LogP contribution in [-0.2, 0) is 24.2 Å². The molecular weight excluding hydrogens is 434 g/mol. The summed E-state index contributed by atoms with van der Waals surface area (Å²) in [5.74, 6) is 0.754. The van der Waals surface area contributed by atoms with E-state index in [4.69, 9.17) is 11.1 Å². The number of carbonyl (C=O) groups excluding carboxylic acids is 1. The van der Waals surface area contributed by atoms with Crippen molar-refractivity contribution in [1.29, 1.82) is 5.41 Å². The Bertz CT molecular complexity index is 1340. The first-order chi connectivity index (χ1) is 16.1. The van der Waals surface area contributed by atoms with Crippen molar-refractivity contribution >= 4 is 50.9 Å². The van der Waals surface area contributed by atoms with Crippen molar-refractivity contribution in [2.45, 2.75) is 25.8 Å². The number of benzene rings is 1. The minimum absolute atomic E-state index is 0.0566. The summed E-state index contributed by atoms with van der Waals surface area (Å²) >= 11 is 1.63. The summed E-state index contributed by atoms with van der Waals surface area (Å²) < 4.78 is 0. The number of amides is 1. The molecule has 3 heterocycles. The zero-order valence-electron chi connectivity index (χ0n) is 17.8. The first-order valence-corrected chi connectivity index (χ1v) is 11.5. The van der Waals surface area contributed by atoms with Gasteiger partial charge in [0.15, 0.2) is 0 Å². The van der Waals surface area contributed by atoms with E-state index in [1.54, 1.807) is 36.1 Å². The Morgan fingerprint density at radius 2 is 2.21 bits per heavy atom. The second-order valence-corrected chi connectivity index (χ2v) is 9.12. The molecular formula is C24H23N7OS. The molecule has 0 aliphatic heterocycles. The van der Waals surface area contributed by atoms with Gasteiger partial charge >= 0.3 is 0 Å². The molecule has 1 atom stereocenters. The summed E-state index contributed by atoms with van der Waals surface area (Å²) in [5, 5.41) is 15.0. The Kier molecular flexibility index (Phi) is 5.70. The van der Waals surface area contributed by atoms with Crippen LogP contribution in [0.25, 0.3) is 10.2 Å². The lowest BCUT2D eigenvalue weighted by atomic mass is 9.87. The SMILES string of the molecule is N=Cc1cc(Nc2ncnc3sc4c(c23)CCC(C(=O)NCc2cccnc2)C4)ccc1N. The average Bonchev–Trinajstić information content (AvgIpc) is 3.23. The van der Waals surface area contributed by atoms with Crippen LogP contribution in [0.4, 0.5) is 17.2 Å². The van der Waals surface area contributed by atoms with Gasteiger partial charge < -0.3 is 21.8 Å². The third-order valence-corrected chi connectivity index (χ3v) is 7.07. The van der Waals surface area contributed by atoms with Crippen molar-refractivity contribution in [1.82, 2.24) is 20.3 Å². The minimum atomic E-state index is -0.0566. The van der Waals surface area contributed by atoms with Crippen molar-refractivity contribution in [3.8, 4) is 0 Å². The van der Waals surface area contributed by atoms with E-state index in [2.05, 4.69) is 25.6 Å². The lowest BCUT2D eigenvalue weighted by molar-refractivity contribution is -0.125. The van der Waals surface area contributed by atoms with Gasteiger partial charge in [0, 0.05) is 52.9 Å². The molecule has 33 heavy (non-hydrogen) atoms. The van der Waals surface area contributed by atoms with Gasteiger partial charge in [0.2, 0.25) is 5.91 Å². The molecule has 3 aromatic heterocycles. The fourth-order valence-corrected chi connectivity index (χ4v) is 5.45. The monoisotopic (exact) mass is 457 g/mol. The molecule has 1 aromatic carbocycles. The Hall–Kier alpha value is -3.85. The molecule has 5 N–H and O–H groups in total. The first-order valence-electron chi connectivity index (χ1n) is 10.7. The van der Waals surface area contributed by atoms with E-state index in [-0.39, 0.29) is 11.8 Å². The van der Waals surface area contributed by atoms with Crippen LogP contribution in [0.5, 0.6) is 0 Å². The van der Waals surface area contributed by atoms with Gasteiger partial charge in [-0.25, -0.2) is 9.97 Å². The number of hydrogen-bond donors (Lipinski definition) is 4. The number of pyridine rings is 1. The molecule has 1 amide bonds. The molecule has 8 nitrogen and oxygen atoms in total. The maximum Gasteiger partial charge on any atom is 0.223 e. The van der Waals surface area contributed by atoms with Crippen LogP contribution in [0.2, 0.25) is 0 Å². The third-order valence-electron chi connectivity index (χ3n) is 5.91. The van der Waals surface area contributed by atoms with Crippen LogP contribution in [0.1, 0.15) is 28.0 Å². The summed E-state index contributed by atoms with van der Waals surface area (Å²) in [7, 11) is 0. The molecule has 1 aliphatic carbocycles. The van der Waals surface area contributed by atoms with Crippen LogP contribution in [-0.4, -0.2) is 27.1 Å². The molecule has 0 fully saturated rings.